The maximum absolute atomic E-state index is 14.0. The van der Waals surface area contributed by atoms with E-state index in [0.717, 1.165) is 11.3 Å². The van der Waals surface area contributed by atoms with Crippen molar-refractivity contribution in [2.75, 3.05) is 12.0 Å². The summed E-state index contributed by atoms with van der Waals surface area (Å²) in [6, 6.07) is 18.8. The lowest BCUT2D eigenvalue weighted by molar-refractivity contribution is -0.126. The number of rotatable bonds is 4. The molecule has 3 aromatic rings. The lowest BCUT2D eigenvalue weighted by atomic mass is 9.77. The molecule has 6 heteroatoms. The fourth-order valence-corrected chi connectivity index (χ4v) is 3.80. The molecule has 28 heavy (non-hydrogen) atoms. The molecule has 0 spiro atoms. The zero-order valence-electron chi connectivity index (χ0n) is 14.9. The predicted octanol–water partition coefficient (Wildman–Crippen LogP) is 6.01. The van der Waals surface area contributed by atoms with Gasteiger partial charge in [0, 0.05) is 10.7 Å². The van der Waals surface area contributed by atoms with Crippen LogP contribution < -0.4 is 9.64 Å². The van der Waals surface area contributed by atoms with Gasteiger partial charge in [-0.25, -0.2) is 4.39 Å². The Bertz CT molecular complexity index is 1020. The van der Waals surface area contributed by atoms with Crippen molar-refractivity contribution in [3.8, 4) is 5.75 Å². The van der Waals surface area contributed by atoms with Crippen LogP contribution in [-0.2, 0) is 4.79 Å². The van der Waals surface area contributed by atoms with Crippen LogP contribution >= 0.6 is 23.2 Å². The Labute approximate surface area is 172 Å². The van der Waals surface area contributed by atoms with Gasteiger partial charge in [-0.15, -0.1) is 0 Å². The monoisotopic (exact) mass is 415 g/mol. The van der Waals surface area contributed by atoms with Crippen molar-refractivity contribution in [3.63, 3.8) is 0 Å². The topological polar surface area (TPSA) is 29.5 Å². The van der Waals surface area contributed by atoms with Gasteiger partial charge in [0.1, 0.15) is 11.6 Å². The van der Waals surface area contributed by atoms with Crippen LogP contribution in [0.15, 0.2) is 66.7 Å². The van der Waals surface area contributed by atoms with E-state index in [0.29, 0.717) is 16.3 Å². The molecule has 1 saturated heterocycles. The van der Waals surface area contributed by atoms with E-state index in [1.54, 1.807) is 42.3 Å². The first-order chi connectivity index (χ1) is 13.5. The summed E-state index contributed by atoms with van der Waals surface area (Å²) in [7, 11) is 1.59. The Morgan fingerprint density at radius 3 is 2.18 bits per heavy atom. The average Bonchev–Trinajstić information content (AvgIpc) is 2.70. The molecule has 0 radical (unpaired) electrons. The number of carbonyl (C=O) groups excluding carboxylic acids is 1. The second-order valence-corrected chi connectivity index (χ2v) is 7.40. The molecule has 1 fully saturated rings. The molecule has 3 aromatic carbocycles. The van der Waals surface area contributed by atoms with E-state index in [1.165, 1.54) is 12.1 Å². The molecule has 4 rings (SSSR count). The van der Waals surface area contributed by atoms with Crippen LogP contribution in [0, 0.1) is 5.82 Å². The van der Waals surface area contributed by atoms with Gasteiger partial charge in [0.15, 0.2) is 0 Å². The molecule has 0 N–H and O–H groups in total. The van der Waals surface area contributed by atoms with Crippen molar-refractivity contribution < 1.29 is 13.9 Å². The minimum Gasteiger partial charge on any atom is -0.497 e. The van der Waals surface area contributed by atoms with Crippen LogP contribution in [0.25, 0.3) is 0 Å². The van der Waals surface area contributed by atoms with Crippen LogP contribution in [0.5, 0.6) is 5.75 Å². The van der Waals surface area contributed by atoms with E-state index in [-0.39, 0.29) is 17.0 Å². The Morgan fingerprint density at radius 2 is 1.57 bits per heavy atom. The Hall–Kier alpha value is -2.56. The van der Waals surface area contributed by atoms with Gasteiger partial charge in [-0.3, -0.25) is 4.79 Å². The van der Waals surface area contributed by atoms with Crippen molar-refractivity contribution in [1.82, 2.24) is 0 Å². The number of anilines is 1. The largest absolute Gasteiger partial charge is 0.497 e. The van der Waals surface area contributed by atoms with Crippen LogP contribution in [0.3, 0.4) is 0 Å². The van der Waals surface area contributed by atoms with Gasteiger partial charge < -0.3 is 9.64 Å². The van der Waals surface area contributed by atoms with Gasteiger partial charge in [-0.1, -0.05) is 41.4 Å². The van der Waals surface area contributed by atoms with Gasteiger partial charge in [0.05, 0.1) is 24.1 Å². The number of halogens is 3. The number of methoxy groups -OCH3 is 1. The average molecular weight is 416 g/mol. The predicted molar refractivity (Wildman–Crippen MR) is 109 cm³/mol. The number of β-lactam (4-membered cyclic amide) rings is 1. The summed E-state index contributed by atoms with van der Waals surface area (Å²) in [5.74, 6) is -0.442. The van der Waals surface area contributed by atoms with E-state index in [2.05, 4.69) is 0 Å². The molecule has 2 atom stereocenters. The molecule has 1 aliphatic heterocycles. The first-order valence-electron chi connectivity index (χ1n) is 8.67. The summed E-state index contributed by atoms with van der Waals surface area (Å²) in [4.78, 5) is 14.8. The highest BCUT2D eigenvalue weighted by molar-refractivity contribution is 6.31. The minimum absolute atomic E-state index is 0.0329. The highest BCUT2D eigenvalue weighted by atomic mass is 35.5. The highest BCUT2D eigenvalue weighted by Gasteiger charge is 2.49. The van der Waals surface area contributed by atoms with Crippen molar-refractivity contribution in [2.45, 2.75) is 12.0 Å². The first kappa shape index (κ1) is 18.8. The third kappa shape index (κ3) is 3.23. The molecule has 0 aromatic heterocycles. The Kier molecular flexibility index (Phi) is 5.00. The fraction of sp³-hybridized carbons (Fsp3) is 0.136. The summed E-state index contributed by atoms with van der Waals surface area (Å²) in [6.45, 7) is 0. The lowest BCUT2D eigenvalue weighted by Crippen LogP contribution is -2.53. The van der Waals surface area contributed by atoms with Crippen LogP contribution in [0.1, 0.15) is 23.1 Å². The smallest absolute Gasteiger partial charge is 0.237 e. The van der Waals surface area contributed by atoms with Crippen LogP contribution in [0.2, 0.25) is 10.0 Å². The maximum Gasteiger partial charge on any atom is 0.237 e. The lowest BCUT2D eigenvalue weighted by Gasteiger charge is -2.47. The number of hydrogen-bond acceptors (Lipinski definition) is 2. The quantitative estimate of drug-likeness (QED) is 0.488. The van der Waals surface area contributed by atoms with Crippen LogP contribution in [0.4, 0.5) is 10.1 Å². The SMILES string of the molecule is COc1ccc(N2C(=O)C(c3ccc(Cl)c(F)c3)C2c2ccc(Cl)cc2)cc1. The molecular weight excluding hydrogens is 400 g/mol. The fourth-order valence-electron chi connectivity index (χ4n) is 3.55. The van der Waals surface area contributed by atoms with E-state index in [9.17, 15) is 9.18 Å². The summed E-state index contributed by atoms with van der Waals surface area (Å²) in [5.41, 5.74) is 2.26. The van der Waals surface area contributed by atoms with Crippen LogP contribution in [-0.4, -0.2) is 13.0 Å². The van der Waals surface area contributed by atoms with Crippen molar-refractivity contribution in [2.24, 2.45) is 0 Å². The highest BCUT2D eigenvalue weighted by Crippen LogP contribution is 2.49. The molecule has 1 amide bonds. The summed E-state index contributed by atoms with van der Waals surface area (Å²) < 4.78 is 19.2. The maximum atomic E-state index is 14.0. The number of nitrogens with zero attached hydrogens (tertiary/aromatic N) is 1. The summed E-state index contributed by atoms with van der Waals surface area (Å²) in [6.07, 6.45) is 0. The first-order valence-corrected chi connectivity index (χ1v) is 9.42. The Morgan fingerprint density at radius 1 is 0.929 bits per heavy atom. The number of benzene rings is 3. The molecule has 1 aliphatic rings. The zero-order chi connectivity index (χ0) is 19.8. The molecule has 0 saturated carbocycles. The number of hydrogen-bond donors (Lipinski definition) is 0. The van der Waals surface area contributed by atoms with Gasteiger partial charge >= 0.3 is 0 Å². The van der Waals surface area contributed by atoms with E-state index < -0.39 is 11.7 Å². The van der Waals surface area contributed by atoms with E-state index >= 15 is 0 Å². The van der Waals surface area contributed by atoms with Crippen molar-refractivity contribution in [1.29, 1.82) is 0 Å². The standard InChI is InChI=1S/C22H16Cl2FNO2/c1-28-17-9-7-16(8-10-17)26-21(13-2-5-15(23)6-3-13)20(22(26)27)14-4-11-18(24)19(25)12-14/h2-12,20-21H,1H3. The van der Waals surface area contributed by atoms with Gasteiger partial charge in [0.25, 0.3) is 0 Å². The third-order valence-electron chi connectivity index (χ3n) is 4.96. The van der Waals surface area contributed by atoms with Crippen molar-refractivity contribution >= 4 is 34.8 Å². The third-order valence-corrected chi connectivity index (χ3v) is 5.52. The molecule has 1 heterocycles. The Balaban J connectivity index is 1.76. The molecule has 0 bridgehead atoms. The minimum atomic E-state index is -0.537. The molecule has 2 unspecified atom stereocenters. The summed E-state index contributed by atoms with van der Waals surface area (Å²) in [5, 5.41) is 0.644. The zero-order valence-corrected chi connectivity index (χ0v) is 16.4. The molecule has 142 valence electrons. The molecule has 3 nitrogen and oxygen atoms in total. The second kappa shape index (κ2) is 7.46. The number of carbonyl (C=O) groups is 1. The van der Waals surface area contributed by atoms with E-state index in [4.69, 9.17) is 27.9 Å². The molecule has 0 aliphatic carbocycles. The van der Waals surface area contributed by atoms with Crippen molar-refractivity contribution in [3.05, 3.63) is 93.7 Å². The normalized spacial score (nSPS) is 18.7. The van der Waals surface area contributed by atoms with Gasteiger partial charge in [-0.05, 0) is 59.7 Å². The number of ether oxygens (including phenoxy) is 1. The number of amides is 1. The summed E-state index contributed by atoms with van der Waals surface area (Å²) >= 11 is 11.8. The molecular formula is C22H16Cl2FNO2. The van der Waals surface area contributed by atoms with Gasteiger partial charge in [-0.2, -0.15) is 0 Å². The second-order valence-electron chi connectivity index (χ2n) is 6.55. The van der Waals surface area contributed by atoms with Gasteiger partial charge in [0.2, 0.25) is 5.91 Å². The van der Waals surface area contributed by atoms with E-state index in [1.807, 2.05) is 24.3 Å².